The van der Waals surface area contributed by atoms with Gasteiger partial charge < -0.3 is 16.4 Å². The van der Waals surface area contributed by atoms with Gasteiger partial charge in [0.25, 0.3) is 0 Å². The van der Waals surface area contributed by atoms with Crippen LogP contribution in [0.2, 0.25) is 0 Å². The van der Waals surface area contributed by atoms with E-state index in [1.807, 2.05) is 5.48 Å². The maximum atomic E-state index is 9.67. The minimum absolute atomic E-state index is 0.530. The number of nitrogens with one attached hydrogen (secondary N) is 1. The van der Waals surface area contributed by atoms with Crippen molar-refractivity contribution in [2.24, 2.45) is 5.73 Å². The van der Waals surface area contributed by atoms with Gasteiger partial charge in [0.1, 0.15) is 0 Å². The standard InChI is InChI=1S/C4H11N2OS2/c5-1-3-8-9-4-2-6-7/h6H,1-5H2/q-1. The first-order chi connectivity index (χ1) is 4.41. The molecular weight excluding hydrogens is 156 g/mol. The lowest BCUT2D eigenvalue weighted by molar-refractivity contribution is 0.938. The van der Waals surface area contributed by atoms with Crippen LogP contribution < -0.4 is 11.2 Å². The molecule has 0 unspecified atom stereocenters. The predicted molar refractivity (Wildman–Crippen MR) is 45.3 cm³/mol. The van der Waals surface area contributed by atoms with Crippen LogP contribution >= 0.6 is 21.6 Å². The Balaban J connectivity index is 2.60. The van der Waals surface area contributed by atoms with E-state index in [0.717, 1.165) is 11.5 Å². The van der Waals surface area contributed by atoms with Gasteiger partial charge in [-0.15, -0.1) is 0 Å². The molecule has 0 rings (SSSR count). The Kier molecular flexibility index (Phi) is 9.13. The fourth-order valence-electron chi connectivity index (χ4n) is 0.249. The van der Waals surface area contributed by atoms with E-state index < -0.39 is 0 Å². The van der Waals surface area contributed by atoms with E-state index in [9.17, 15) is 5.21 Å². The molecule has 0 aliphatic rings. The van der Waals surface area contributed by atoms with Crippen molar-refractivity contribution in [1.82, 2.24) is 5.48 Å². The van der Waals surface area contributed by atoms with Gasteiger partial charge in [0.2, 0.25) is 0 Å². The molecule has 0 spiro atoms. The highest BCUT2D eigenvalue weighted by Crippen LogP contribution is 2.18. The number of nitrogens with two attached hydrogens (primary N) is 1. The van der Waals surface area contributed by atoms with Crippen molar-refractivity contribution < 1.29 is 0 Å². The lowest BCUT2D eigenvalue weighted by Gasteiger charge is -2.04. The minimum Gasteiger partial charge on any atom is -0.788 e. The molecule has 0 saturated heterocycles. The van der Waals surface area contributed by atoms with E-state index >= 15 is 0 Å². The van der Waals surface area contributed by atoms with Crippen molar-refractivity contribution in [3.8, 4) is 0 Å². The molecule has 3 nitrogen and oxygen atoms in total. The van der Waals surface area contributed by atoms with Crippen LogP contribution in [0.15, 0.2) is 0 Å². The monoisotopic (exact) mass is 167 g/mol. The van der Waals surface area contributed by atoms with Gasteiger partial charge in [0.05, 0.1) is 0 Å². The molecule has 0 radical (unpaired) electrons. The van der Waals surface area contributed by atoms with Crippen molar-refractivity contribution in [2.75, 3.05) is 24.6 Å². The van der Waals surface area contributed by atoms with Crippen molar-refractivity contribution in [2.45, 2.75) is 0 Å². The second-order valence-corrected chi connectivity index (χ2v) is 4.03. The third-order valence-electron chi connectivity index (χ3n) is 0.572. The first kappa shape index (κ1) is 9.58. The number of hydrogen-bond acceptors (Lipinski definition) is 5. The summed E-state index contributed by atoms with van der Waals surface area (Å²) in [7, 11) is 3.38. The van der Waals surface area contributed by atoms with Crippen LogP contribution in [0, 0.1) is 5.21 Å². The summed E-state index contributed by atoms with van der Waals surface area (Å²) < 4.78 is 0. The highest BCUT2D eigenvalue weighted by molar-refractivity contribution is 8.76. The van der Waals surface area contributed by atoms with E-state index in [1.54, 1.807) is 21.6 Å². The van der Waals surface area contributed by atoms with Crippen molar-refractivity contribution in [3.63, 3.8) is 0 Å². The second kappa shape index (κ2) is 8.58. The van der Waals surface area contributed by atoms with E-state index in [0.29, 0.717) is 13.1 Å². The molecule has 0 aromatic heterocycles. The molecule has 0 aliphatic heterocycles. The Morgan fingerprint density at radius 3 is 2.56 bits per heavy atom. The van der Waals surface area contributed by atoms with E-state index in [2.05, 4.69) is 0 Å². The number of hydrogen-bond donors (Lipinski definition) is 2. The van der Waals surface area contributed by atoms with E-state index in [4.69, 9.17) is 5.73 Å². The first-order valence-electron chi connectivity index (χ1n) is 2.71. The van der Waals surface area contributed by atoms with Gasteiger partial charge in [0, 0.05) is 18.1 Å². The Hall–Kier alpha value is 0.580. The lowest BCUT2D eigenvalue weighted by Crippen LogP contribution is -2.07. The van der Waals surface area contributed by atoms with E-state index in [-0.39, 0.29) is 0 Å². The zero-order chi connectivity index (χ0) is 6.95. The Bertz CT molecular complexity index is 49.8. The molecule has 0 fully saturated rings. The zero-order valence-corrected chi connectivity index (χ0v) is 6.76. The molecule has 5 heteroatoms. The Morgan fingerprint density at radius 1 is 1.33 bits per heavy atom. The van der Waals surface area contributed by atoms with Gasteiger partial charge in [-0.2, -0.15) is 0 Å². The molecule has 0 saturated carbocycles. The normalized spacial score (nSPS) is 10.0. The molecule has 0 aromatic carbocycles. The first-order valence-corrected chi connectivity index (χ1v) is 5.20. The van der Waals surface area contributed by atoms with Gasteiger partial charge in [-0.25, -0.2) is 0 Å². The molecule has 0 heterocycles. The predicted octanol–water partition coefficient (Wildman–Crippen LogP) is 0.414. The van der Waals surface area contributed by atoms with Crippen LogP contribution in [-0.4, -0.2) is 24.6 Å². The fraction of sp³-hybridized carbons (Fsp3) is 1.00. The molecule has 0 amide bonds. The second-order valence-electron chi connectivity index (χ2n) is 1.33. The van der Waals surface area contributed by atoms with Gasteiger partial charge >= 0.3 is 0 Å². The van der Waals surface area contributed by atoms with Gasteiger partial charge in [0.15, 0.2) is 0 Å². The summed E-state index contributed by atoms with van der Waals surface area (Å²) in [5, 5.41) is 9.67. The fourth-order valence-corrected chi connectivity index (χ4v) is 1.99. The third-order valence-corrected chi connectivity index (χ3v) is 3.01. The molecule has 56 valence electrons. The van der Waals surface area contributed by atoms with Crippen LogP contribution in [-0.2, 0) is 0 Å². The molecule has 0 bridgehead atoms. The van der Waals surface area contributed by atoms with Crippen LogP contribution in [0.25, 0.3) is 0 Å². The molecule has 3 N–H and O–H groups in total. The maximum Gasteiger partial charge on any atom is 0.0160 e. The number of rotatable bonds is 6. The van der Waals surface area contributed by atoms with Crippen LogP contribution in [0.1, 0.15) is 0 Å². The number of hydroxylamine groups is 1. The molecule has 9 heavy (non-hydrogen) atoms. The average molecular weight is 167 g/mol. The maximum absolute atomic E-state index is 9.67. The highest BCUT2D eigenvalue weighted by Gasteiger charge is 1.84. The molecule has 0 aromatic rings. The van der Waals surface area contributed by atoms with Gasteiger partial charge in [-0.3, -0.25) is 0 Å². The summed E-state index contributed by atoms with van der Waals surface area (Å²) in [6.07, 6.45) is 0. The molecule has 0 atom stereocenters. The lowest BCUT2D eigenvalue weighted by atomic mass is 10.8. The Labute approximate surface area is 63.1 Å². The summed E-state index contributed by atoms with van der Waals surface area (Å²) in [6.45, 7) is 1.24. The minimum atomic E-state index is 0.530. The van der Waals surface area contributed by atoms with Gasteiger partial charge in [-0.05, 0) is 6.54 Å². The van der Waals surface area contributed by atoms with E-state index in [1.165, 1.54) is 0 Å². The summed E-state index contributed by atoms with van der Waals surface area (Å²) in [5.74, 6) is 1.82. The highest BCUT2D eigenvalue weighted by atomic mass is 33.1. The summed E-state index contributed by atoms with van der Waals surface area (Å²) in [4.78, 5) is 0. The SMILES string of the molecule is NCCSSCCN[O-]. The quantitative estimate of drug-likeness (QED) is 0.341. The van der Waals surface area contributed by atoms with Gasteiger partial charge in [-0.1, -0.05) is 21.6 Å². The average Bonchev–Trinajstić information content (AvgIpc) is 1.89. The largest absolute Gasteiger partial charge is 0.788 e. The molecular formula is C4H11N2OS2-. The third kappa shape index (κ3) is 8.58. The topological polar surface area (TPSA) is 61.1 Å². The van der Waals surface area contributed by atoms with Crippen LogP contribution in [0.4, 0.5) is 0 Å². The Morgan fingerprint density at radius 2 is 2.00 bits per heavy atom. The van der Waals surface area contributed by atoms with Crippen molar-refractivity contribution in [3.05, 3.63) is 5.21 Å². The smallest absolute Gasteiger partial charge is 0.0160 e. The summed E-state index contributed by atoms with van der Waals surface area (Å²) in [5.41, 5.74) is 7.06. The molecule has 0 aliphatic carbocycles. The zero-order valence-electron chi connectivity index (χ0n) is 5.13. The van der Waals surface area contributed by atoms with Crippen LogP contribution in [0.3, 0.4) is 0 Å². The van der Waals surface area contributed by atoms with Crippen LogP contribution in [0.5, 0.6) is 0 Å². The van der Waals surface area contributed by atoms with Crippen molar-refractivity contribution >= 4 is 21.6 Å². The summed E-state index contributed by atoms with van der Waals surface area (Å²) in [6, 6.07) is 0. The summed E-state index contributed by atoms with van der Waals surface area (Å²) >= 11 is 0. The van der Waals surface area contributed by atoms with Crippen molar-refractivity contribution in [1.29, 1.82) is 0 Å².